The summed E-state index contributed by atoms with van der Waals surface area (Å²) >= 11 is 1.40. The van der Waals surface area contributed by atoms with Crippen LogP contribution in [0, 0.1) is 6.92 Å². The van der Waals surface area contributed by atoms with Crippen molar-refractivity contribution in [3.8, 4) is 16.3 Å². The minimum atomic E-state index is -0.187. The van der Waals surface area contributed by atoms with E-state index in [0.29, 0.717) is 54.8 Å². The van der Waals surface area contributed by atoms with Crippen molar-refractivity contribution in [3.63, 3.8) is 0 Å². The summed E-state index contributed by atoms with van der Waals surface area (Å²) in [6.07, 6.45) is 0. The number of rotatable bonds is 5. The molecule has 10 heteroatoms. The van der Waals surface area contributed by atoms with Gasteiger partial charge in [-0.15, -0.1) is 0 Å². The Kier molecular flexibility index (Phi) is 6.47. The highest BCUT2D eigenvalue weighted by atomic mass is 32.1. The van der Waals surface area contributed by atoms with E-state index in [1.54, 1.807) is 18.1 Å². The number of amides is 2. The Labute approximate surface area is 206 Å². The molecule has 1 fully saturated rings. The summed E-state index contributed by atoms with van der Waals surface area (Å²) in [4.78, 5) is 34.7. The number of carbonyl (C=O) groups is 1. The molecule has 2 aromatic heterocycles. The van der Waals surface area contributed by atoms with Gasteiger partial charge >= 0.3 is 6.03 Å². The van der Waals surface area contributed by atoms with Crippen LogP contribution >= 0.6 is 11.3 Å². The molecule has 1 N–H and O–H groups in total. The average molecular weight is 491 g/mol. The van der Waals surface area contributed by atoms with Crippen LogP contribution in [-0.4, -0.2) is 63.7 Å². The number of aryl methyl sites for hydroxylation is 1. The molecular weight excluding hydrogens is 464 g/mol. The number of anilines is 1. The molecule has 0 bridgehead atoms. The van der Waals surface area contributed by atoms with Crippen molar-refractivity contribution < 1.29 is 9.53 Å². The molecular formula is C25H26N6O3S. The summed E-state index contributed by atoms with van der Waals surface area (Å²) in [5.74, 6) is 0.633. The van der Waals surface area contributed by atoms with Crippen LogP contribution in [0.3, 0.4) is 0 Å². The van der Waals surface area contributed by atoms with E-state index in [1.807, 2.05) is 55.5 Å². The minimum Gasteiger partial charge on any atom is -0.495 e. The second-order valence-corrected chi connectivity index (χ2v) is 9.41. The predicted molar refractivity (Wildman–Crippen MR) is 136 cm³/mol. The molecule has 35 heavy (non-hydrogen) atoms. The van der Waals surface area contributed by atoms with Crippen LogP contribution in [0.2, 0.25) is 0 Å². The molecule has 1 aliphatic heterocycles. The fourth-order valence-electron chi connectivity index (χ4n) is 4.09. The van der Waals surface area contributed by atoms with Gasteiger partial charge in [-0.05, 0) is 24.6 Å². The maximum Gasteiger partial charge on any atom is 0.322 e. The lowest BCUT2D eigenvalue weighted by molar-refractivity contribution is 0.142. The highest BCUT2D eigenvalue weighted by molar-refractivity contribution is 7.19. The SMILES string of the molecule is COc1ccc(C)cc1NC(=O)N1CCN(Cc2cc(=O)n3nc(-c4ccccc4)sc3n2)CC1. The van der Waals surface area contributed by atoms with E-state index in [-0.39, 0.29) is 11.6 Å². The summed E-state index contributed by atoms with van der Waals surface area (Å²) in [7, 11) is 1.59. The third-order valence-corrected chi connectivity index (χ3v) is 6.92. The van der Waals surface area contributed by atoms with E-state index in [2.05, 4.69) is 20.3 Å². The number of aromatic nitrogens is 3. The van der Waals surface area contributed by atoms with Crippen molar-refractivity contribution >= 4 is 28.0 Å². The highest BCUT2D eigenvalue weighted by Crippen LogP contribution is 2.26. The third kappa shape index (κ3) is 5.03. The van der Waals surface area contributed by atoms with E-state index in [0.717, 1.165) is 16.1 Å². The number of carbonyl (C=O) groups excluding carboxylic acids is 1. The van der Waals surface area contributed by atoms with Crippen LogP contribution < -0.4 is 15.6 Å². The first-order valence-corrected chi connectivity index (χ1v) is 12.2. The van der Waals surface area contributed by atoms with Crippen molar-refractivity contribution in [2.45, 2.75) is 13.5 Å². The summed E-state index contributed by atoms with van der Waals surface area (Å²) in [6.45, 7) is 5.07. The molecule has 0 spiro atoms. The van der Waals surface area contributed by atoms with Crippen molar-refractivity contribution in [1.29, 1.82) is 0 Å². The quantitative estimate of drug-likeness (QED) is 0.461. The maximum atomic E-state index is 12.8. The van der Waals surface area contributed by atoms with Gasteiger partial charge in [-0.3, -0.25) is 9.69 Å². The van der Waals surface area contributed by atoms with E-state index in [9.17, 15) is 9.59 Å². The molecule has 0 aliphatic carbocycles. The normalized spacial score (nSPS) is 14.3. The number of benzene rings is 2. The van der Waals surface area contributed by atoms with Gasteiger partial charge in [-0.2, -0.15) is 9.61 Å². The summed E-state index contributed by atoms with van der Waals surface area (Å²) in [6, 6.07) is 16.9. The smallest absolute Gasteiger partial charge is 0.322 e. The molecule has 4 aromatic rings. The summed E-state index contributed by atoms with van der Waals surface area (Å²) in [5, 5.41) is 8.16. The van der Waals surface area contributed by atoms with Crippen molar-refractivity contribution in [3.05, 3.63) is 76.2 Å². The largest absolute Gasteiger partial charge is 0.495 e. The van der Waals surface area contributed by atoms with E-state index in [4.69, 9.17) is 4.74 Å². The lowest BCUT2D eigenvalue weighted by Crippen LogP contribution is -2.49. The van der Waals surface area contributed by atoms with Crippen molar-refractivity contribution in [2.24, 2.45) is 0 Å². The number of fused-ring (bicyclic) bond motifs is 1. The van der Waals surface area contributed by atoms with E-state index >= 15 is 0 Å². The van der Waals surface area contributed by atoms with Crippen LogP contribution in [0.15, 0.2) is 59.4 Å². The van der Waals surface area contributed by atoms with Gasteiger partial charge in [0, 0.05) is 44.4 Å². The molecule has 0 atom stereocenters. The molecule has 9 nitrogen and oxygen atoms in total. The first-order valence-electron chi connectivity index (χ1n) is 11.4. The molecule has 0 unspecified atom stereocenters. The molecule has 5 rings (SSSR count). The fourth-order valence-corrected chi connectivity index (χ4v) is 5.02. The maximum absolute atomic E-state index is 12.8. The molecule has 2 aromatic carbocycles. The number of ether oxygens (including phenoxy) is 1. The van der Waals surface area contributed by atoms with Crippen LogP contribution in [0.25, 0.3) is 15.5 Å². The van der Waals surface area contributed by atoms with E-state index in [1.165, 1.54) is 15.9 Å². The van der Waals surface area contributed by atoms with Crippen LogP contribution in [0.4, 0.5) is 10.5 Å². The van der Waals surface area contributed by atoms with Crippen molar-refractivity contribution in [1.82, 2.24) is 24.4 Å². The zero-order valence-corrected chi connectivity index (χ0v) is 20.4. The number of hydrogen-bond acceptors (Lipinski definition) is 7. The Morgan fingerprint density at radius 2 is 1.86 bits per heavy atom. The van der Waals surface area contributed by atoms with E-state index < -0.39 is 0 Å². The number of methoxy groups -OCH3 is 1. The molecule has 0 radical (unpaired) electrons. The molecule has 2 amide bonds. The summed E-state index contributed by atoms with van der Waals surface area (Å²) < 4.78 is 6.72. The minimum absolute atomic E-state index is 0.149. The van der Waals surface area contributed by atoms with Gasteiger partial charge in [-0.1, -0.05) is 47.7 Å². The Bertz CT molecular complexity index is 1410. The van der Waals surface area contributed by atoms with Gasteiger partial charge in [0.2, 0.25) is 4.96 Å². The van der Waals surface area contributed by atoms with Gasteiger partial charge in [0.15, 0.2) is 0 Å². The Morgan fingerprint density at radius 1 is 1.09 bits per heavy atom. The number of nitrogens with one attached hydrogen (secondary N) is 1. The van der Waals surface area contributed by atoms with Crippen LogP contribution in [0.1, 0.15) is 11.3 Å². The van der Waals surface area contributed by atoms with Gasteiger partial charge in [-0.25, -0.2) is 9.78 Å². The Hall–Kier alpha value is -3.76. The molecule has 3 heterocycles. The van der Waals surface area contributed by atoms with Gasteiger partial charge in [0.1, 0.15) is 10.8 Å². The van der Waals surface area contributed by atoms with Gasteiger partial charge < -0.3 is 15.0 Å². The summed E-state index contributed by atoms with van der Waals surface area (Å²) in [5.41, 5.74) is 3.19. The van der Waals surface area contributed by atoms with Gasteiger partial charge in [0.05, 0.1) is 18.5 Å². The molecule has 1 saturated heterocycles. The number of urea groups is 1. The number of piperazine rings is 1. The standard InChI is InChI=1S/C25H26N6O3S/c1-17-8-9-21(34-2)20(14-17)27-24(33)30-12-10-29(11-13-30)16-19-15-22(32)31-25(26-19)35-23(28-31)18-6-4-3-5-7-18/h3-9,14-15H,10-13,16H2,1-2H3,(H,27,33). The zero-order valence-electron chi connectivity index (χ0n) is 19.6. The molecule has 180 valence electrons. The first kappa shape index (κ1) is 23.0. The Balaban J connectivity index is 1.22. The third-order valence-electron chi connectivity index (χ3n) is 5.96. The molecule has 1 aliphatic rings. The second-order valence-electron chi connectivity index (χ2n) is 8.45. The van der Waals surface area contributed by atoms with Crippen LogP contribution in [0.5, 0.6) is 5.75 Å². The topological polar surface area (TPSA) is 92.1 Å². The lowest BCUT2D eigenvalue weighted by Gasteiger charge is -2.34. The number of hydrogen-bond donors (Lipinski definition) is 1. The highest BCUT2D eigenvalue weighted by Gasteiger charge is 2.23. The fraction of sp³-hybridized carbons (Fsp3) is 0.280. The first-order chi connectivity index (χ1) is 17.0. The second kappa shape index (κ2) is 9.85. The monoisotopic (exact) mass is 490 g/mol. The Morgan fingerprint density at radius 3 is 2.60 bits per heavy atom. The van der Waals surface area contributed by atoms with Crippen LogP contribution in [-0.2, 0) is 6.54 Å². The average Bonchev–Trinajstić information content (AvgIpc) is 3.30. The predicted octanol–water partition coefficient (Wildman–Crippen LogP) is 3.48. The number of nitrogens with zero attached hydrogens (tertiary/aromatic N) is 5. The van der Waals surface area contributed by atoms with Crippen molar-refractivity contribution in [2.75, 3.05) is 38.6 Å². The molecule has 0 saturated carbocycles. The van der Waals surface area contributed by atoms with Gasteiger partial charge in [0.25, 0.3) is 5.56 Å². The lowest BCUT2D eigenvalue weighted by atomic mass is 10.2. The zero-order chi connectivity index (χ0) is 24.4.